The van der Waals surface area contributed by atoms with E-state index < -0.39 is 23.2 Å². The van der Waals surface area contributed by atoms with Crippen LogP contribution in [0.4, 0.5) is 35.0 Å². The molecule has 0 spiro atoms. The molecule has 0 amide bonds. The Bertz CT molecular complexity index is 721. The normalized spacial score (nSPS) is 11.0. The maximum absolute atomic E-state index is 13.7. The maximum atomic E-state index is 13.7. The fraction of sp³-hybridized carbons (Fsp3) is 0.0833. The fourth-order valence-electron chi connectivity index (χ4n) is 1.58. The van der Waals surface area contributed by atoms with Crippen LogP contribution < -0.4 is 11.1 Å². The van der Waals surface area contributed by atoms with E-state index in [1.807, 2.05) is 0 Å². The Morgan fingerprint density at radius 1 is 1.29 bits per heavy atom. The van der Waals surface area contributed by atoms with Crippen LogP contribution in [0.3, 0.4) is 0 Å². The molecule has 2 aromatic rings. The monoisotopic (exact) mass is 297 g/mol. The summed E-state index contributed by atoms with van der Waals surface area (Å²) in [6.07, 6.45) is -3.74. The molecule has 21 heavy (non-hydrogen) atoms. The number of halogens is 4. The van der Waals surface area contributed by atoms with Crippen LogP contribution in [0.25, 0.3) is 0 Å². The van der Waals surface area contributed by atoms with Crippen molar-refractivity contribution in [2.45, 2.75) is 6.18 Å². The molecule has 0 fully saturated rings. The minimum Gasteiger partial charge on any atom is -0.368 e. The molecule has 0 saturated carbocycles. The van der Waals surface area contributed by atoms with Gasteiger partial charge in [0.25, 0.3) is 0 Å². The number of nitriles is 1. The second-order valence-corrected chi connectivity index (χ2v) is 3.89. The molecule has 0 aliphatic carbocycles. The minimum atomic E-state index is -4.77. The SMILES string of the molecule is N#Cc1cnc(N)nc1Nc1c(F)cccc1C(F)(F)F. The summed E-state index contributed by atoms with van der Waals surface area (Å²) >= 11 is 0. The number of hydrogen-bond donors (Lipinski definition) is 2. The molecule has 0 aliphatic rings. The summed E-state index contributed by atoms with van der Waals surface area (Å²) in [4.78, 5) is 7.14. The first-order chi connectivity index (χ1) is 9.82. The van der Waals surface area contributed by atoms with Gasteiger partial charge in [0.05, 0.1) is 17.4 Å². The number of alkyl halides is 3. The Morgan fingerprint density at radius 3 is 2.62 bits per heavy atom. The Balaban J connectivity index is 2.55. The summed E-state index contributed by atoms with van der Waals surface area (Å²) in [6.45, 7) is 0. The largest absolute Gasteiger partial charge is 0.418 e. The van der Waals surface area contributed by atoms with Crippen LogP contribution in [-0.2, 0) is 6.18 Å². The summed E-state index contributed by atoms with van der Waals surface area (Å²) in [7, 11) is 0. The van der Waals surface area contributed by atoms with Crippen LogP contribution in [0.5, 0.6) is 0 Å². The quantitative estimate of drug-likeness (QED) is 0.832. The lowest BCUT2D eigenvalue weighted by Gasteiger charge is -2.15. The number of rotatable bonds is 2. The average molecular weight is 297 g/mol. The van der Waals surface area contributed by atoms with Crippen LogP contribution in [0.15, 0.2) is 24.4 Å². The van der Waals surface area contributed by atoms with E-state index in [2.05, 4.69) is 15.3 Å². The number of nitrogens with one attached hydrogen (secondary N) is 1. The highest BCUT2D eigenvalue weighted by Crippen LogP contribution is 2.37. The van der Waals surface area contributed by atoms with Crippen molar-refractivity contribution in [2.24, 2.45) is 0 Å². The average Bonchev–Trinajstić information content (AvgIpc) is 2.40. The molecule has 0 atom stereocenters. The lowest BCUT2D eigenvalue weighted by Crippen LogP contribution is -2.12. The highest BCUT2D eigenvalue weighted by Gasteiger charge is 2.35. The predicted octanol–water partition coefficient (Wildman–Crippen LogP) is 2.83. The Hall–Kier alpha value is -2.89. The van der Waals surface area contributed by atoms with E-state index in [1.165, 1.54) is 0 Å². The van der Waals surface area contributed by atoms with Crippen molar-refractivity contribution >= 4 is 17.5 Å². The molecular weight excluding hydrogens is 290 g/mol. The number of benzene rings is 1. The van der Waals surface area contributed by atoms with Crippen molar-refractivity contribution in [3.05, 3.63) is 41.3 Å². The third-order valence-electron chi connectivity index (χ3n) is 2.49. The molecule has 1 aromatic heterocycles. The van der Waals surface area contributed by atoms with Crippen molar-refractivity contribution in [3.63, 3.8) is 0 Å². The number of nitrogens with two attached hydrogens (primary N) is 1. The number of nitrogen functional groups attached to an aromatic ring is 1. The van der Waals surface area contributed by atoms with Crippen molar-refractivity contribution in [3.8, 4) is 6.07 Å². The van der Waals surface area contributed by atoms with Gasteiger partial charge in [-0.1, -0.05) is 6.07 Å². The lowest BCUT2D eigenvalue weighted by molar-refractivity contribution is -0.137. The van der Waals surface area contributed by atoms with Gasteiger partial charge in [0, 0.05) is 0 Å². The van der Waals surface area contributed by atoms with Gasteiger partial charge in [-0.2, -0.15) is 23.4 Å². The van der Waals surface area contributed by atoms with Gasteiger partial charge in [-0.15, -0.1) is 0 Å². The van der Waals surface area contributed by atoms with Crippen LogP contribution in [0.2, 0.25) is 0 Å². The molecule has 0 bridgehead atoms. The number of anilines is 3. The van der Waals surface area contributed by atoms with Crippen molar-refractivity contribution in [1.29, 1.82) is 5.26 Å². The molecule has 3 N–H and O–H groups in total. The standard InChI is InChI=1S/C12H7F4N5/c13-8-3-1-2-7(12(14,15)16)9(8)20-10-6(4-17)5-19-11(18)21-10/h1-3,5H,(H3,18,19,20,21). The van der Waals surface area contributed by atoms with Gasteiger partial charge in [0.1, 0.15) is 17.4 Å². The molecule has 108 valence electrons. The van der Waals surface area contributed by atoms with E-state index in [1.54, 1.807) is 6.07 Å². The van der Waals surface area contributed by atoms with Gasteiger partial charge in [-0.3, -0.25) is 0 Å². The molecule has 2 rings (SSSR count). The smallest absolute Gasteiger partial charge is 0.368 e. The zero-order chi connectivity index (χ0) is 15.6. The van der Waals surface area contributed by atoms with Gasteiger partial charge in [-0.05, 0) is 12.1 Å². The van der Waals surface area contributed by atoms with Gasteiger partial charge in [-0.25, -0.2) is 9.37 Å². The molecule has 0 aliphatic heterocycles. The highest BCUT2D eigenvalue weighted by molar-refractivity contribution is 5.66. The fourth-order valence-corrected chi connectivity index (χ4v) is 1.58. The molecule has 1 aromatic carbocycles. The first kappa shape index (κ1) is 14.5. The summed E-state index contributed by atoms with van der Waals surface area (Å²) in [5, 5.41) is 11.0. The van der Waals surface area contributed by atoms with E-state index in [-0.39, 0.29) is 17.3 Å². The zero-order valence-electron chi connectivity index (χ0n) is 10.2. The second-order valence-electron chi connectivity index (χ2n) is 3.89. The van der Waals surface area contributed by atoms with Gasteiger partial charge in [0.2, 0.25) is 5.95 Å². The molecule has 5 nitrogen and oxygen atoms in total. The Morgan fingerprint density at radius 2 is 2.00 bits per heavy atom. The number of para-hydroxylation sites is 1. The summed E-state index contributed by atoms with van der Waals surface area (Å²) in [6, 6.07) is 4.17. The number of aromatic nitrogens is 2. The van der Waals surface area contributed by atoms with Crippen LogP contribution in [0, 0.1) is 17.1 Å². The van der Waals surface area contributed by atoms with Gasteiger partial charge >= 0.3 is 6.18 Å². The highest BCUT2D eigenvalue weighted by atomic mass is 19.4. The molecule has 0 radical (unpaired) electrons. The molecule has 0 unspecified atom stereocenters. The van der Waals surface area contributed by atoms with E-state index >= 15 is 0 Å². The van der Waals surface area contributed by atoms with Crippen molar-refractivity contribution in [1.82, 2.24) is 9.97 Å². The number of nitrogens with zero attached hydrogens (tertiary/aromatic N) is 3. The Labute approximate surface area is 116 Å². The molecule has 1 heterocycles. The lowest BCUT2D eigenvalue weighted by atomic mass is 10.1. The first-order valence-corrected chi connectivity index (χ1v) is 5.48. The zero-order valence-corrected chi connectivity index (χ0v) is 10.2. The third-order valence-corrected chi connectivity index (χ3v) is 2.49. The van der Waals surface area contributed by atoms with Crippen LogP contribution in [-0.4, -0.2) is 9.97 Å². The summed E-state index contributed by atoms with van der Waals surface area (Å²) in [5.74, 6) is -1.70. The molecular formula is C12H7F4N5. The second kappa shape index (κ2) is 5.24. The van der Waals surface area contributed by atoms with E-state index in [9.17, 15) is 17.6 Å². The number of hydrogen-bond acceptors (Lipinski definition) is 5. The topological polar surface area (TPSA) is 87.6 Å². The van der Waals surface area contributed by atoms with E-state index in [0.717, 1.165) is 18.3 Å². The minimum absolute atomic E-state index is 0.166. The molecule has 0 saturated heterocycles. The Kier molecular flexibility index (Phi) is 3.62. The van der Waals surface area contributed by atoms with E-state index in [4.69, 9.17) is 11.0 Å². The van der Waals surface area contributed by atoms with Crippen LogP contribution in [0.1, 0.15) is 11.1 Å². The van der Waals surface area contributed by atoms with Gasteiger partial charge in [0.15, 0.2) is 5.82 Å². The maximum Gasteiger partial charge on any atom is 0.418 e. The first-order valence-electron chi connectivity index (χ1n) is 5.48. The summed E-state index contributed by atoms with van der Waals surface area (Å²) in [5.41, 5.74) is 3.09. The van der Waals surface area contributed by atoms with Crippen molar-refractivity contribution < 1.29 is 17.6 Å². The van der Waals surface area contributed by atoms with Gasteiger partial charge < -0.3 is 11.1 Å². The van der Waals surface area contributed by atoms with Crippen molar-refractivity contribution in [2.75, 3.05) is 11.1 Å². The predicted molar refractivity (Wildman–Crippen MR) is 65.8 cm³/mol. The van der Waals surface area contributed by atoms with Crippen LogP contribution >= 0.6 is 0 Å². The van der Waals surface area contributed by atoms with E-state index in [0.29, 0.717) is 6.07 Å². The summed E-state index contributed by atoms with van der Waals surface area (Å²) < 4.78 is 52.3. The molecule has 9 heteroatoms. The third kappa shape index (κ3) is 3.00.